The van der Waals surface area contributed by atoms with Crippen molar-refractivity contribution in [3.63, 3.8) is 0 Å². The molecular weight excluding hydrogens is 557 g/mol. The number of amides is 1. The van der Waals surface area contributed by atoms with Crippen LogP contribution in [0.4, 0.5) is 18.9 Å². The number of halogens is 4. The molecule has 1 saturated heterocycles. The van der Waals surface area contributed by atoms with Crippen molar-refractivity contribution >= 4 is 23.2 Å². The number of carbonyl (C=O) groups excluding carboxylic acids is 1. The quantitative estimate of drug-likeness (QED) is 0.264. The Kier molecular flexibility index (Phi) is 8.63. The van der Waals surface area contributed by atoms with E-state index in [2.05, 4.69) is 27.4 Å². The Bertz CT molecular complexity index is 1490. The summed E-state index contributed by atoms with van der Waals surface area (Å²) >= 11 is 6.47. The highest BCUT2D eigenvalue weighted by Crippen LogP contribution is 2.37. The second-order valence-corrected chi connectivity index (χ2v) is 10.1. The molecule has 0 aliphatic carbocycles. The molecule has 1 atom stereocenters. The lowest BCUT2D eigenvalue weighted by Gasteiger charge is -2.35. The van der Waals surface area contributed by atoms with Crippen molar-refractivity contribution in [1.82, 2.24) is 14.7 Å². The standard InChI is InChI=1S/C30H28ClF3N4O3/c1-37-28(26(31)16-35-37)25-15-23(36-29(39)21-8-5-9-22(14-21)30(32,33)34)10-11-27(25)41-19-24-18-40-13-12-38(24)17-20-6-3-2-4-7-20/h2-11,14-16,24H,12-13,17-19H2,1H3,(H,36,39). The fourth-order valence-corrected chi connectivity index (χ4v) is 4.99. The summed E-state index contributed by atoms with van der Waals surface area (Å²) in [5, 5.41) is 7.28. The molecule has 1 fully saturated rings. The van der Waals surface area contributed by atoms with Crippen LogP contribution in [0, 0.1) is 0 Å². The molecule has 41 heavy (non-hydrogen) atoms. The van der Waals surface area contributed by atoms with Crippen LogP contribution in [0.2, 0.25) is 5.02 Å². The number of hydrogen-bond acceptors (Lipinski definition) is 5. The molecule has 1 aliphatic rings. The molecule has 1 N–H and O–H groups in total. The number of aryl methyl sites for hydroxylation is 1. The van der Waals surface area contributed by atoms with Gasteiger partial charge in [-0.25, -0.2) is 0 Å². The Hall–Kier alpha value is -3.86. The van der Waals surface area contributed by atoms with Crippen molar-refractivity contribution < 1.29 is 27.4 Å². The van der Waals surface area contributed by atoms with E-state index in [4.69, 9.17) is 21.1 Å². The second-order valence-electron chi connectivity index (χ2n) is 9.70. The lowest BCUT2D eigenvalue weighted by molar-refractivity contribution is -0.137. The van der Waals surface area contributed by atoms with E-state index >= 15 is 0 Å². The van der Waals surface area contributed by atoms with Crippen LogP contribution in [0.15, 0.2) is 79.0 Å². The normalized spacial score (nSPS) is 16.0. The number of benzene rings is 3. The summed E-state index contributed by atoms with van der Waals surface area (Å²) in [7, 11) is 1.73. The molecule has 11 heteroatoms. The molecule has 0 bridgehead atoms. The van der Waals surface area contributed by atoms with E-state index in [9.17, 15) is 18.0 Å². The van der Waals surface area contributed by atoms with E-state index in [0.717, 1.165) is 25.2 Å². The van der Waals surface area contributed by atoms with E-state index in [-0.39, 0.29) is 11.6 Å². The Morgan fingerprint density at radius 3 is 2.66 bits per heavy atom. The number of hydrogen-bond donors (Lipinski definition) is 1. The smallest absolute Gasteiger partial charge is 0.416 e. The molecule has 7 nitrogen and oxygen atoms in total. The molecule has 5 rings (SSSR count). The molecule has 1 amide bonds. The summed E-state index contributed by atoms with van der Waals surface area (Å²) in [6.45, 7) is 3.02. The predicted octanol–water partition coefficient (Wildman–Crippen LogP) is 6.29. The van der Waals surface area contributed by atoms with Gasteiger partial charge in [-0.15, -0.1) is 0 Å². The third-order valence-electron chi connectivity index (χ3n) is 6.85. The van der Waals surface area contributed by atoms with Crippen LogP contribution in [-0.4, -0.2) is 53.0 Å². The molecule has 1 aromatic heterocycles. The maximum Gasteiger partial charge on any atom is 0.416 e. The maximum atomic E-state index is 13.2. The van der Waals surface area contributed by atoms with Gasteiger partial charge in [0.2, 0.25) is 0 Å². The Morgan fingerprint density at radius 1 is 1.12 bits per heavy atom. The lowest BCUT2D eigenvalue weighted by atomic mass is 10.1. The number of rotatable bonds is 8. The van der Waals surface area contributed by atoms with Gasteiger partial charge in [-0.1, -0.05) is 48.0 Å². The first-order valence-electron chi connectivity index (χ1n) is 13.0. The minimum atomic E-state index is -4.56. The molecule has 0 radical (unpaired) electrons. The van der Waals surface area contributed by atoms with Crippen molar-refractivity contribution in [2.75, 3.05) is 31.7 Å². The van der Waals surface area contributed by atoms with E-state index in [1.807, 2.05) is 18.2 Å². The fraction of sp³-hybridized carbons (Fsp3) is 0.267. The molecule has 0 saturated carbocycles. The summed E-state index contributed by atoms with van der Waals surface area (Å²) in [6.07, 6.45) is -3.05. The lowest BCUT2D eigenvalue weighted by Crippen LogP contribution is -2.48. The number of anilines is 1. The Labute approximate surface area is 240 Å². The maximum absolute atomic E-state index is 13.2. The zero-order valence-corrected chi connectivity index (χ0v) is 23.0. The van der Waals surface area contributed by atoms with E-state index in [1.54, 1.807) is 29.9 Å². The van der Waals surface area contributed by atoms with Crippen LogP contribution in [0.5, 0.6) is 5.75 Å². The molecule has 2 heterocycles. The van der Waals surface area contributed by atoms with Crippen LogP contribution < -0.4 is 10.1 Å². The highest BCUT2D eigenvalue weighted by atomic mass is 35.5. The summed E-state index contributed by atoms with van der Waals surface area (Å²) < 4.78 is 53.1. The average Bonchev–Trinajstić information content (AvgIpc) is 3.30. The first-order chi connectivity index (χ1) is 19.7. The summed E-state index contributed by atoms with van der Waals surface area (Å²) in [6, 6.07) is 19.5. The molecule has 0 spiro atoms. The van der Waals surface area contributed by atoms with Crippen LogP contribution in [0.1, 0.15) is 21.5 Å². The molecule has 4 aromatic rings. The van der Waals surface area contributed by atoms with Gasteiger partial charge in [0.1, 0.15) is 12.4 Å². The van der Waals surface area contributed by atoms with Crippen molar-refractivity contribution in [2.45, 2.75) is 18.8 Å². The Balaban J connectivity index is 1.38. The van der Waals surface area contributed by atoms with Crippen molar-refractivity contribution in [3.8, 4) is 17.0 Å². The molecule has 1 unspecified atom stereocenters. The monoisotopic (exact) mass is 584 g/mol. The minimum absolute atomic E-state index is 0.000830. The van der Waals surface area contributed by atoms with Crippen molar-refractivity contribution in [1.29, 1.82) is 0 Å². The molecule has 1 aliphatic heterocycles. The zero-order valence-electron chi connectivity index (χ0n) is 22.2. The van der Waals surface area contributed by atoms with Crippen LogP contribution >= 0.6 is 11.6 Å². The molecule has 3 aromatic carbocycles. The highest BCUT2D eigenvalue weighted by molar-refractivity contribution is 6.33. The van der Waals surface area contributed by atoms with Gasteiger partial charge >= 0.3 is 6.18 Å². The minimum Gasteiger partial charge on any atom is -0.491 e. The third kappa shape index (κ3) is 6.90. The van der Waals surface area contributed by atoms with Gasteiger partial charge in [-0.3, -0.25) is 14.4 Å². The summed E-state index contributed by atoms with van der Waals surface area (Å²) in [4.78, 5) is 15.2. The van der Waals surface area contributed by atoms with E-state index < -0.39 is 17.6 Å². The van der Waals surface area contributed by atoms with Crippen molar-refractivity contribution in [2.24, 2.45) is 7.05 Å². The van der Waals surface area contributed by atoms with Crippen LogP contribution in [0.3, 0.4) is 0 Å². The second kappa shape index (κ2) is 12.3. The summed E-state index contributed by atoms with van der Waals surface area (Å²) in [5.41, 5.74) is 1.68. The zero-order chi connectivity index (χ0) is 29.0. The number of carbonyl (C=O) groups is 1. The fourth-order valence-electron chi connectivity index (χ4n) is 4.73. The number of ether oxygens (including phenoxy) is 2. The highest BCUT2D eigenvalue weighted by Gasteiger charge is 2.31. The van der Waals surface area contributed by atoms with E-state index in [1.165, 1.54) is 23.9 Å². The average molecular weight is 585 g/mol. The first-order valence-corrected chi connectivity index (χ1v) is 13.4. The van der Waals surface area contributed by atoms with Gasteiger partial charge in [0.15, 0.2) is 0 Å². The molecule has 214 valence electrons. The Morgan fingerprint density at radius 2 is 1.93 bits per heavy atom. The topological polar surface area (TPSA) is 68.6 Å². The van der Waals surface area contributed by atoms with Gasteiger partial charge in [-0.05, 0) is 42.0 Å². The van der Waals surface area contributed by atoms with Gasteiger partial charge < -0.3 is 14.8 Å². The number of aromatic nitrogens is 2. The number of nitrogens with zero attached hydrogens (tertiary/aromatic N) is 3. The van der Waals surface area contributed by atoms with E-state index in [0.29, 0.717) is 47.5 Å². The molecular formula is C30H28ClF3N4O3. The van der Waals surface area contributed by atoms with Crippen LogP contribution in [0.25, 0.3) is 11.3 Å². The van der Waals surface area contributed by atoms with Gasteiger partial charge in [0, 0.05) is 37.0 Å². The van der Waals surface area contributed by atoms with Crippen molar-refractivity contribution in [3.05, 3.63) is 101 Å². The number of nitrogens with one attached hydrogen (secondary N) is 1. The third-order valence-corrected chi connectivity index (χ3v) is 7.12. The number of alkyl halides is 3. The van der Waals surface area contributed by atoms with Gasteiger partial charge in [0.05, 0.1) is 41.7 Å². The van der Waals surface area contributed by atoms with Gasteiger partial charge in [0.25, 0.3) is 5.91 Å². The SMILES string of the molecule is Cn1ncc(Cl)c1-c1cc(NC(=O)c2cccc(C(F)(F)F)c2)ccc1OCC1COCCN1Cc1ccccc1. The summed E-state index contributed by atoms with van der Waals surface area (Å²) in [5.74, 6) is -0.166. The predicted molar refractivity (Wildman–Crippen MR) is 150 cm³/mol. The first kappa shape index (κ1) is 28.7. The van der Waals surface area contributed by atoms with Crippen LogP contribution in [-0.2, 0) is 24.5 Å². The number of morpholine rings is 1. The van der Waals surface area contributed by atoms with Gasteiger partial charge in [-0.2, -0.15) is 18.3 Å². The largest absolute Gasteiger partial charge is 0.491 e.